The summed E-state index contributed by atoms with van der Waals surface area (Å²) in [5.74, 6) is -0.00400. The Bertz CT molecular complexity index is 471. The Hall–Kier alpha value is -0.870. The lowest BCUT2D eigenvalue weighted by molar-refractivity contribution is -0.0107. The molecular formula is C14H18BrNO2. The Labute approximate surface area is 116 Å². The minimum absolute atomic E-state index is 0.00400. The number of hydrogen-bond acceptors (Lipinski definition) is 2. The number of benzene rings is 1. The van der Waals surface area contributed by atoms with Gasteiger partial charge in [-0.2, -0.15) is 0 Å². The van der Waals surface area contributed by atoms with Gasteiger partial charge in [-0.05, 0) is 44.4 Å². The van der Waals surface area contributed by atoms with Crippen LogP contribution in [0.3, 0.4) is 0 Å². The van der Waals surface area contributed by atoms with Crippen LogP contribution >= 0.6 is 15.9 Å². The van der Waals surface area contributed by atoms with Gasteiger partial charge in [-0.3, -0.25) is 4.79 Å². The van der Waals surface area contributed by atoms with E-state index in [2.05, 4.69) is 15.9 Å². The van der Waals surface area contributed by atoms with E-state index in [4.69, 9.17) is 0 Å². The molecule has 18 heavy (non-hydrogen) atoms. The van der Waals surface area contributed by atoms with Gasteiger partial charge in [0.15, 0.2) is 0 Å². The van der Waals surface area contributed by atoms with Crippen molar-refractivity contribution in [3.8, 4) is 0 Å². The van der Waals surface area contributed by atoms with Gasteiger partial charge in [0.05, 0.1) is 5.60 Å². The molecule has 1 aromatic rings. The van der Waals surface area contributed by atoms with E-state index in [9.17, 15) is 9.90 Å². The van der Waals surface area contributed by atoms with E-state index in [0.29, 0.717) is 12.1 Å². The molecule has 1 saturated heterocycles. The summed E-state index contributed by atoms with van der Waals surface area (Å²) in [6, 6.07) is 5.62. The topological polar surface area (TPSA) is 40.5 Å². The second-order valence-corrected chi connectivity index (χ2v) is 6.15. The first-order valence-corrected chi connectivity index (χ1v) is 6.96. The molecule has 98 valence electrons. The fourth-order valence-corrected chi connectivity index (χ4v) is 2.68. The predicted octanol–water partition coefficient (Wildman–Crippen LogP) is 2.74. The minimum Gasteiger partial charge on any atom is -0.388 e. The summed E-state index contributed by atoms with van der Waals surface area (Å²) in [6.07, 6.45) is 1.61. The third kappa shape index (κ3) is 2.93. The van der Waals surface area contributed by atoms with Gasteiger partial charge >= 0.3 is 0 Å². The van der Waals surface area contributed by atoms with Crippen molar-refractivity contribution in [1.82, 2.24) is 4.90 Å². The number of piperidine rings is 1. The van der Waals surface area contributed by atoms with Gasteiger partial charge in [0.25, 0.3) is 5.91 Å². The van der Waals surface area contributed by atoms with E-state index < -0.39 is 5.60 Å². The first kappa shape index (κ1) is 13.6. The molecule has 0 aromatic heterocycles. The van der Waals surface area contributed by atoms with Crippen molar-refractivity contribution in [3.05, 3.63) is 33.8 Å². The molecule has 0 aliphatic carbocycles. The average Bonchev–Trinajstić information content (AvgIpc) is 2.30. The zero-order valence-corrected chi connectivity index (χ0v) is 12.3. The number of aliphatic hydroxyl groups is 1. The van der Waals surface area contributed by atoms with Crippen molar-refractivity contribution in [2.45, 2.75) is 32.3 Å². The molecule has 1 atom stereocenters. The normalized spacial score (nSPS) is 24.1. The summed E-state index contributed by atoms with van der Waals surface area (Å²) < 4.78 is 0.942. The standard InChI is InChI=1S/C14H18BrNO2/c1-10-4-5-11(8-12(10)15)13(17)16-7-3-6-14(2,18)9-16/h4-5,8,18H,3,6-7,9H2,1-2H3. The highest BCUT2D eigenvalue weighted by molar-refractivity contribution is 9.10. The van der Waals surface area contributed by atoms with Crippen LogP contribution in [0.2, 0.25) is 0 Å². The number of halogens is 1. The maximum absolute atomic E-state index is 12.3. The largest absolute Gasteiger partial charge is 0.388 e. The number of likely N-dealkylation sites (tertiary alicyclic amines) is 1. The predicted molar refractivity (Wildman–Crippen MR) is 74.6 cm³/mol. The molecule has 1 aliphatic rings. The molecule has 1 N–H and O–H groups in total. The van der Waals surface area contributed by atoms with E-state index in [1.165, 1.54) is 0 Å². The quantitative estimate of drug-likeness (QED) is 0.866. The second-order valence-electron chi connectivity index (χ2n) is 5.29. The number of carbonyl (C=O) groups excluding carboxylic acids is 1. The highest BCUT2D eigenvalue weighted by Crippen LogP contribution is 2.23. The third-order valence-corrected chi connectivity index (χ3v) is 4.24. The highest BCUT2D eigenvalue weighted by atomic mass is 79.9. The van der Waals surface area contributed by atoms with Crippen LogP contribution < -0.4 is 0 Å². The van der Waals surface area contributed by atoms with Crippen molar-refractivity contribution >= 4 is 21.8 Å². The van der Waals surface area contributed by atoms with E-state index >= 15 is 0 Å². The Morgan fingerprint density at radius 3 is 2.83 bits per heavy atom. The van der Waals surface area contributed by atoms with Crippen LogP contribution in [0.25, 0.3) is 0 Å². The lowest BCUT2D eigenvalue weighted by atomic mass is 9.94. The number of carbonyl (C=O) groups is 1. The summed E-state index contributed by atoms with van der Waals surface area (Å²) in [4.78, 5) is 14.1. The van der Waals surface area contributed by atoms with E-state index in [-0.39, 0.29) is 5.91 Å². The molecule has 0 saturated carbocycles. The van der Waals surface area contributed by atoms with Gasteiger partial charge in [-0.1, -0.05) is 22.0 Å². The Kier molecular flexibility index (Phi) is 3.78. The molecule has 0 spiro atoms. The van der Waals surface area contributed by atoms with Crippen LogP contribution in [0.15, 0.2) is 22.7 Å². The zero-order valence-electron chi connectivity index (χ0n) is 10.7. The smallest absolute Gasteiger partial charge is 0.253 e. The van der Waals surface area contributed by atoms with Crippen LogP contribution in [0.4, 0.5) is 0 Å². The Morgan fingerprint density at radius 1 is 1.50 bits per heavy atom. The molecule has 1 aromatic carbocycles. The van der Waals surface area contributed by atoms with Gasteiger partial charge in [-0.25, -0.2) is 0 Å². The molecule has 0 radical (unpaired) electrons. The minimum atomic E-state index is -0.754. The Balaban J connectivity index is 2.18. The van der Waals surface area contributed by atoms with Gasteiger partial charge in [0.1, 0.15) is 0 Å². The number of β-amino-alcohol motifs (C(OH)–C–C–N with tert-alkyl or cyclic N) is 1. The molecule has 1 amide bonds. The van der Waals surface area contributed by atoms with Crippen molar-refractivity contribution in [2.75, 3.05) is 13.1 Å². The molecule has 4 heteroatoms. The molecule has 1 fully saturated rings. The summed E-state index contributed by atoms with van der Waals surface area (Å²) >= 11 is 3.44. The highest BCUT2D eigenvalue weighted by Gasteiger charge is 2.31. The molecule has 2 rings (SSSR count). The number of aryl methyl sites for hydroxylation is 1. The fourth-order valence-electron chi connectivity index (χ4n) is 2.30. The molecule has 1 unspecified atom stereocenters. The molecular weight excluding hydrogens is 294 g/mol. The van der Waals surface area contributed by atoms with Gasteiger partial charge < -0.3 is 10.0 Å². The van der Waals surface area contributed by atoms with E-state index in [1.807, 2.05) is 25.1 Å². The molecule has 1 heterocycles. The average molecular weight is 312 g/mol. The third-order valence-electron chi connectivity index (χ3n) is 3.38. The summed E-state index contributed by atoms with van der Waals surface area (Å²) in [6.45, 7) is 4.92. The molecule has 1 aliphatic heterocycles. The van der Waals surface area contributed by atoms with Crippen molar-refractivity contribution < 1.29 is 9.90 Å². The summed E-state index contributed by atoms with van der Waals surface area (Å²) in [7, 11) is 0. The van der Waals surface area contributed by atoms with Crippen molar-refractivity contribution in [3.63, 3.8) is 0 Å². The maximum Gasteiger partial charge on any atom is 0.253 e. The lowest BCUT2D eigenvalue weighted by Gasteiger charge is -2.36. The van der Waals surface area contributed by atoms with Gasteiger partial charge in [-0.15, -0.1) is 0 Å². The van der Waals surface area contributed by atoms with Crippen LogP contribution in [0.5, 0.6) is 0 Å². The first-order chi connectivity index (χ1) is 8.39. The fraction of sp³-hybridized carbons (Fsp3) is 0.500. The van der Waals surface area contributed by atoms with E-state index in [1.54, 1.807) is 11.8 Å². The number of amides is 1. The number of rotatable bonds is 1. The van der Waals surface area contributed by atoms with Gasteiger partial charge in [0.2, 0.25) is 0 Å². The summed E-state index contributed by atoms with van der Waals surface area (Å²) in [5, 5.41) is 10.0. The first-order valence-electron chi connectivity index (χ1n) is 6.17. The van der Waals surface area contributed by atoms with Crippen molar-refractivity contribution in [2.24, 2.45) is 0 Å². The maximum atomic E-state index is 12.3. The van der Waals surface area contributed by atoms with Crippen LogP contribution in [-0.4, -0.2) is 34.6 Å². The van der Waals surface area contributed by atoms with Crippen LogP contribution in [-0.2, 0) is 0 Å². The number of nitrogens with zero attached hydrogens (tertiary/aromatic N) is 1. The number of hydrogen-bond donors (Lipinski definition) is 1. The van der Waals surface area contributed by atoms with Crippen LogP contribution in [0.1, 0.15) is 35.7 Å². The van der Waals surface area contributed by atoms with Crippen LogP contribution in [0, 0.1) is 6.92 Å². The molecule has 0 bridgehead atoms. The zero-order chi connectivity index (χ0) is 13.3. The Morgan fingerprint density at radius 2 is 2.22 bits per heavy atom. The summed E-state index contributed by atoms with van der Waals surface area (Å²) in [5.41, 5.74) is 1.03. The lowest BCUT2D eigenvalue weighted by Crippen LogP contribution is -2.48. The molecule has 3 nitrogen and oxygen atoms in total. The second kappa shape index (κ2) is 5.02. The van der Waals surface area contributed by atoms with E-state index in [0.717, 1.165) is 29.4 Å². The monoisotopic (exact) mass is 311 g/mol. The SMILES string of the molecule is Cc1ccc(C(=O)N2CCCC(C)(O)C2)cc1Br. The van der Waals surface area contributed by atoms with Crippen molar-refractivity contribution in [1.29, 1.82) is 0 Å². The van der Waals surface area contributed by atoms with Gasteiger partial charge in [0, 0.05) is 23.1 Å².